The van der Waals surface area contributed by atoms with Crippen molar-refractivity contribution >= 4 is 0 Å². The molecule has 0 saturated carbocycles. The molecule has 0 unspecified atom stereocenters. The number of rotatable bonds is 8. The van der Waals surface area contributed by atoms with Crippen LogP contribution in [0.4, 0.5) is 0 Å². The molecule has 1 heterocycles. The largest absolute Gasteiger partial charge is 0.493 e. The van der Waals surface area contributed by atoms with Crippen molar-refractivity contribution in [2.24, 2.45) is 0 Å². The standard InChI is InChI=1S/C20H22N2O2/c1-2-21-15-18-14-20(24-22-18)17-8-10-19(11-9-17)23-13-12-16-6-4-3-5-7-16/h3-11,14,21H,2,12-13,15H2,1H3. The van der Waals surface area contributed by atoms with Crippen LogP contribution in [-0.4, -0.2) is 18.3 Å². The van der Waals surface area contributed by atoms with Crippen molar-refractivity contribution in [3.05, 3.63) is 71.9 Å². The Kier molecular flexibility index (Phi) is 5.64. The van der Waals surface area contributed by atoms with Crippen LogP contribution in [0.15, 0.2) is 65.2 Å². The van der Waals surface area contributed by atoms with Crippen molar-refractivity contribution in [1.29, 1.82) is 0 Å². The molecular weight excluding hydrogens is 300 g/mol. The SMILES string of the molecule is CCNCc1cc(-c2ccc(OCCc3ccccc3)cc2)on1. The van der Waals surface area contributed by atoms with Gasteiger partial charge >= 0.3 is 0 Å². The first-order valence-corrected chi connectivity index (χ1v) is 8.28. The summed E-state index contributed by atoms with van der Waals surface area (Å²) < 4.78 is 11.2. The Morgan fingerprint density at radius 3 is 2.58 bits per heavy atom. The Balaban J connectivity index is 1.54. The second-order valence-electron chi connectivity index (χ2n) is 5.57. The average molecular weight is 322 g/mol. The van der Waals surface area contributed by atoms with Gasteiger partial charge in [0.15, 0.2) is 5.76 Å². The van der Waals surface area contributed by atoms with Gasteiger partial charge in [-0.15, -0.1) is 0 Å². The number of hydrogen-bond acceptors (Lipinski definition) is 4. The van der Waals surface area contributed by atoms with Crippen molar-refractivity contribution < 1.29 is 9.26 Å². The highest BCUT2D eigenvalue weighted by atomic mass is 16.5. The molecule has 0 bridgehead atoms. The third-order valence-electron chi connectivity index (χ3n) is 3.76. The van der Waals surface area contributed by atoms with E-state index in [1.165, 1.54) is 5.56 Å². The highest BCUT2D eigenvalue weighted by Crippen LogP contribution is 2.23. The summed E-state index contributed by atoms with van der Waals surface area (Å²) in [5, 5.41) is 7.30. The fraction of sp³-hybridized carbons (Fsp3) is 0.250. The number of ether oxygens (including phenoxy) is 1. The van der Waals surface area contributed by atoms with E-state index >= 15 is 0 Å². The minimum atomic E-state index is 0.665. The van der Waals surface area contributed by atoms with Crippen LogP contribution >= 0.6 is 0 Å². The lowest BCUT2D eigenvalue weighted by Crippen LogP contribution is -2.11. The summed E-state index contributed by atoms with van der Waals surface area (Å²) in [4.78, 5) is 0. The van der Waals surface area contributed by atoms with Crippen LogP contribution in [0.3, 0.4) is 0 Å². The molecule has 3 aromatic rings. The van der Waals surface area contributed by atoms with Gasteiger partial charge in [0, 0.05) is 24.6 Å². The Bertz CT molecular complexity index is 736. The van der Waals surface area contributed by atoms with Crippen LogP contribution in [0.5, 0.6) is 5.75 Å². The van der Waals surface area contributed by atoms with E-state index in [-0.39, 0.29) is 0 Å². The molecule has 0 fully saturated rings. The summed E-state index contributed by atoms with van der Waals surface area (Å²) >= 11 is 0. The highest BCUT2D eigenvalue weighted by molar-refractivity contribution is 5.58. The Morgan fingerprint density at radius 1 is 1.04 bits per heavy atom. The number of nitrogens with one attached hydrogen (secondary N) is 1. The first-order valence-electron chi connectivity index (χ1n) is 8.28. The smallest absolute Gasteiger partial charge is 0.167 e. The molecule has 0 atom stereocenters. The molecule has 2 aromatic carbocycles. The van der Waals surface area contributed by atoms with E-state index in [2.05, 4.69) is 29.5 Å². The van der Waals surface area contributed by atoms with Gasteiger partial charge in [0.2, 0.25) is 0 Å². The van der Waals surface area contributed by atoms with Crippen molar-refractivity contribution in [1.82, 2.24) is 10.5 Å². The van der Waals surface area contributed by atoms with Crippen LogP contribution < -0.4 is 10.1 Å². The predicted octanol–water partition coefficient (Wildman–Crippen LogP) is 4.07. The normalized spacial score (nSPS) is 10.7. The summed E-state index contributed by atoms with van der Waals surface area (Å²) in [6.45, 7) is 4.37. The molecule has 0 aliphatic rings. The van der Waals surface area contributed by atoms with Crippen LogP contribution in [0, 0.1) is 0 Å². The molecule has 0 spiro atoms. The first kappa shape index (κ1) is 16.3. The molecule has 3 rings (SSSR count). The zero-order chi connectivity index (χ0) is 16.6. The average Bonchev–Trinajstić information content (AvgIpc) is 3.10. The molecule has 1 N–H and O–H groups in total. The van der Waals surface area contributed by atoms with Crippen LogP contribution in [-0.2, 0) is 13.0 Å². The second-order valence-corrected chi connectivity index (χ2v) is 5.57. The van der Waals surface area contributed by atoms with Crippen molar-refractivity contribution in [3.63, 3.8) is 0 Å². The lowest BCUT2D eigenvalue weighted by Gasteiger charge is -2.06. The summed E-state index contributed by atoms with van der Waals surface area (Å²) in [6, 6.07) is 20.2. The van der Waals surface area contributed by atoms with Crippen LogP contribution in [0.1, 0.15) is 18.2 Å². The molecule has 4 nitrogen and oxygen atoms in total. The maximum atomic E-state index is 5.80. The van der Waals surface area contributed by atoms with Gasteiger partial charge in [-0.3, -0.25) is 0 Å². The van der Waals surface area contributed by atoms with Gasteiger partial charge in [0.25, 0.3) is 0 Å². The predicted molar refractivity (Wildman–Crippen MR) is 95.0 cm³/mol. The van der Waals surface area contributed by atoms with Crippen molar-refractivity contribution in [2.75, 3.05) is 13.2 Å². The van der Waals surface area contributed by atoms with Gasteiger partial charge < -0.3 is 14.6 Å². The zero-order valence-electron chi connectivity index (χ0n) is 13.9. The molecule has 24 heavy (non-hydrogen) atoms. The summed E-state index contributed by atoms with van der Waals surface area (Å²) in [5.41, 5.74) is 3.19. The Hall–Kier alpha value is -2.59. The molecule has 0 saturated heterocycles. The first-order chi connectivity index (χ1) is 11.8. The van der Waals surface area contributed by atoms with E-state index in [1.807, 2.05) is 48.5 Å². The number of aromatic nitrogens is 1. The highest BCUT2D eigenvalue weighted by Gasteiger charge is 2.06. The van der Waals surface area contributed by atoms with Crippen LogP contribution in [0.2, 0.25) is 0 Å². The third-order valence-corrected chi connectivity index (χ3v) is 3.76. The molecule has 1 aromatic heterocycles. The minimum Gasteiger partial charge on any atom is -0.493 e. The lowest BCUT2D eigenvalue weighted by atomic mass is 10.1. The molecule has 0 radical (unpaired) electrons. The Morgan fingerprint density at radius 2 is 1.83 bits per heavy atom. The van der Waals surface area contributed by atoms with Crippen molar-refractivity contribution in [3.8, 4) is 17.1 Å². The van der Waals surface area contributed by atoms with Gasteiger partial charge in [-0.25, -0.2) is 0 Å². The van der Waals surface area contributed by atoms with E-state index in [9.17, 15) is 0 Å². The van der Waals surface area contributed by atoms with Crippen molar-refractivity contribution in [2.45, 2.75) is 19.9 Å². The summed E-state index contributed by atoms with van der Waals surface area (Å²) in [6.07, 6.45) is 0.901. The number of hydrogen-bond donors (Lipinski definition) is 1. The van der Waals surface area contributed by atoms with E-state index in [1.54, 1.807) is 0 Å². The molecular formula is C20H22N2O2. The molecule has 4 heteroatoms. The lowest BCUT2D eigenvalue weighted by molar-refractivity contribution is 0.322. The summed E-state index contributed by atoms with van der Waals surface area (Å²) in [5.74, 6) is 1.64. The second kappa shape index (κ2) is 8.31. The van der Waals surface area contributed by atoms with E-state index in [4.69, 9.17) is 9.26 Å². The maximum Gasteiger partial charge on any atom is 0.167 e. The summed E-state index contributed by atoms with van der Waals surface area (Å²) in [7, 11) is 0. The van der Waals surface area contributed by atoms with Gasteiger partial charge in [-0.2, -0.15) is 0 Å². The third kappa shape index (κ3) is 4.46. The maximum absolute atomic E-state index is 5.80. The van der Waals surface area contributed by atoms with E-state index in [0.717, 1.165) is 42.3 Å². The molecule has 124 valence electrons. The molecule has 0 aliphatic heterocycles. The monoisotopic (exact) mass is 322 g/mol. The number of benzene rings is 2. The Labute approximate surface area is 142 Å². The van der Waals surface area contributed by atoms with Gasteiger partial charge in [-0.05, 0) is 36.4 Å². The van der Waals surface area contributed by atoms with E-state index in [0.29, 0.717) is 6.61 Å². The van der Waals surface area contributed by atoms with Gasteiger partial charge in [-0.1, -0.05) is 42.4 Å². The van der Waals surface area contributed by atoms with Crippen LogP contribution in [0.25, 0.3) is 11.3 Å². The quantitative estimate of drug-likeness (QED) is 0.679. The molecule has 0 aliphatic carbocycles. The minimum absolute atomic E-state index is 0.665. The van der Waals surface area contributed by atoms with Gasteiger partial charge in [0.05, 0.1) is 12.3 Å². The molecule has 0 amide bonds. The van der Waals surface area contributed by atoms with Gasteiger partial charge in [0.1, 0.15) is 5.75 Å². The fourth-order valence-electron chi connectivity index (χ4n) is 2.43. The zero-order valence-corrected chi connectivity index (χ0v) is 13.9. The van der Waals surface area contributed by atoms with E-state index < -0.39 is 0 Å². The fourth-order valence-corrected chi connectivity index (χ4v) is 2.43. The topological polar surface area (TPSA) is 47.3 Å². The number of nitrogens with zero attached hydrogens (tertiary/aromatic N) is 1.